The number of thiophene rings is 1. The van der Waals surface area contributed by atoms with Gasteiger partial charge in [0.15, 0.2) is 5.16 Å². The summed E-state index contributed by atoms with van der Waals surface area (Å²) in [5.74, 6) is -0.668. The van der Waals surface area contributed by atoms with Gasteiger partial charge in [0, 0.05) is 10.1 Å². The van der Waals surface area contributed by atoms with Gasteiger partial charge in [-0.15, -0.1) is 11.3 Å². The normalized spacial score (nSPS) is 15.6. The van der Waals surface area contributed by atoms with Gasteiger partial charge in [0.2, 0.25) is 0 Å². The molecule has 0 fully saturated rings. The SMILES string of the molecule is C[C@@H](Sc1nc(N)c2c3c(sc2n1)CCC3)C(=O)[O-]. The standard InChI is InChI=1S/C12H13N3O2S2/c1-5(11(16)17)18-12-14-9(13)8-6-3-2-4-7(6)19-10(8)15-12/h5H,2-4H2,1H3,(H,16,17)(H2,13,14,15)/p-1/t5-/m1/s1. The Labute approximate surface area is 118 Å². The van der Waals surface area contributed by atoms with E-state index in [9.17, 15) is 9.90 Å². The second-order valence-electron chi connectivity index (χ2n) is 4.51. The molecule has 100 valence electrons. The number of carbonyl (C=O) groups excluding carboxylic acids is 1. The van der Waals surface area contributed by atoms with E-state index in [0.717, 1.165) is 41.2 Å². The van der Waals surface area contributed by atoms with Crippen LogP contribution in [0.15, 0.2) is 5.16 Å². The summed E-state index contributed by atoms with van der Waals surface area (Å²) in [6, 6.07) is 0. The van der Waals surface area contributed by atoms with Crippen molar-refractivity contribution >= 4 is 45.1 Å². The zero-order valence-electron chi connectivity index (χ0n) is 10.3. The minimum Gasteiger partial charge on any atom is -0.549 e. The van der Waals surface area contributed by atoms with Crippen LogP contribution >= 0.6 is 23.1 Å². The molecule has 0 aromatic carbocycles. The van der Waals surface area contributed by atoms with Crippen LogP contribution in [0, 0.1) is 0 Å². The molecular formula is C12H12N3O2S2-. The molecule has 5 nitrogen and oxygen atoms in total. The van der Waals surface area contributed by atoms with Gasteiger partial charge in [-0.3, -0.25) is 0 Å². The molecule has 2 aromatic heterocycles. The number of fused-ring (bicyclic) bond motifs is 3. The molecule has 3 rings (SSSR count). The summed E-state index contributed by atoms with van der Waals surface area (Å²) in [6.07, 6.45) is 3.27. The van der Waals surface area contributed by atoms with Crippen LogP contribution in [0.1, 0.15) is 23.8 Å². The molecule has 0 amide bonds. The molecule has 1 aliphatic rings. The van der Waals surface area contributed by atoms with E-state index in [1.165, 1.54) is 10.4 Å². The number of nitrogens with two attached hydrogens (primary N) is 1. The molecule has 0 unspecified atom stereocenters. The molecule has 0 radical (unpaired) electrons. The van der Waals surface area contributed by atoms with Crippen molar-refractivity contribution in [3.63, 3.8) is 0 Å². The summed E-state index contributed by atoms with van der Waals surface area (Å²) in [7, 11) is 0. The third kappa shape index (κ3) is 2.17. The minimum atomic E-state index is -1.12. The topological polar surface area (TPSA) is 91.9 Å². The van der Waals surface area contributed by atoms with Crippen molar-refractivity contribution in [1.29, 1.82) is 0 Å². The van der Waals surface area contributed by atoms with Gasteiger partial charge in [-0.1, -0.05) is 11.8 Å². The number of carboxylic acid groups (broad SMARTS) is 1. The zero-order chi connectivity index (χ0) is 13.6. The van der Waals surface area contributed by atoms with Crippen molar-refractivity contribution in [2.45, 2.75) is 36.6 Å². The van der Waals surface area contributed by atoms with E-state index in [1.54, 1.807) is 18.3 Å². The molecule has 2 aromatic rings. The molecule has 0 saturated carbocycles. The zero-order valence-corrected chi connectivity index (χ0v) is 11.9. The van der Waals surface area contributed by atoms with Crippen LogP contribution in [-0.4, -0.2) is 21.2 Å². The Bertz CT molecular complexity index is 669. The summed E-state index contributed by atoms with van der Waals surface area (Å²) in [5.41, 5.74) is 7.29. The van der Waals surface area contributed by atoms with Crippen LogP contribution < -0.4 is 10.8 Å². The van der Waals surface area contributed by atoms with Crippen LogP contribution in [0.5, 0.6) is 0 Å². The minimum absolute atomic E-state index is 0.404. The van der Waals surface area contributed by atoms with Gasteiger partial charge < -0.3 is 15.6 Å². The fraction of sp³-hybridized carbons (Fsp3) is 0.417. The van der Waals surface area contributed by atoms with Gasteiger partial charge in [0.25, 0.3) is 0 Å². The number of thioether (sulfide) groups is 1. The van der Waals surface area contributed by atoms with Gasteiger partial charge in [0.1, 0.15) is 10.6 Å². The van der Waals surface area contributed by atoms with E-state index >= 15 is 0 Å². The highest BCUT2D eigenvalue weighted by Crippen LogP contribution is 2.39. The first-order valence-electron chi connectivity index (χ1n) is 6.01. The van der Waals surface area contributed by atoms with Crippen LogP contribution in [0.4, 0.5) is 5.82 Å². The maximum Gasteiger partial charge on any atom is 0.191 e. The lowest BCUT2D eigenvalue weighted by Gasteiger charge is -2.11. The predicted molar refractivity (Wildman–Crippen MR) is 74.2 cm³/mol. The number of carboxylic acids is 1. The highest BCUT2D eigenvalue weighted by atomic mass is 32.2. The fourth-order valence-electron chi connectivity index (χ4n) is 2.26. The number of carbonyl (C=O) groups is 1. The molecule has 0 spiro atoms. The van der Waals surface area contributed by atoms with Gasteiger partial charge in [-0.25, -0.2) is 9.97 Å². The quantitative estimate of drug-likeness (QED) is 0.670. The third-order valence-electron chi connectivity index (χ3n) is 3.19. The van der Waals surface area contributed by atoms with Crippen molar-refractivity contribution in [2.75, 3.05) is 5.73 Å². The highest BCUT2D eigenvalue weighted by Gasteiger charge is 2.21. The maximum absolute atomic E-state index is 10.7. The van der Waals surface area contributed by atoms with E-state index in [-0.39, 0.29) is 0 Å². The first-order chi connectivity index (χ1) is 9.06. The van der Waals surface area contributed by atoms with E-state index < -0.39 is 11.2 Å². The van der Waals surface area contributed by atoms with E-state index in [1.807, 2.05) is 0 Å². The fourth-order valence-corrected chi connectivity index (χ4v) is 4.30. The van der Waals surface area contributed by atoms with Crippen molar-refractivity contribution in [1.82, 2.24) is 9.97 Å². The van der Waals surface area contributed by atoms with Crippen LogP contribution in [0.25, 0.3) is 10.2 Å². The summed E-state index contributed by atoms with van der Waals surface area (Å²) >= 11 is 2.71. The number of aryl methyl sites for hydroxylation is 2. The molecular weight excluding hydrogens is 282 g/mol. The predicted octanol–water partition coefficient (Wildman–Crippen LogP) is 0.993. The Morgan fingerprint density at radius 1 is 1.47 bits per heavy atom. The Hall–Kier alpha value is -1.34. The average Bonchev–Trinajstić information content (AvgIpc) is 2.87. The second kappa shape index (κ2) is 4.64. The summed E-state index contributed by atoms with van der Waals surface area (Å²) in [4.78, 5) is 21.6. The number of hydrogen-bond donors (Lipinski definition) is 1. The number of rotatable bonds is 3. The molecule has 2 N–H and O–H groups in total. The summed E-state index contributed by atoms with van der Waals surface area (Å²) in [6.45, 7) is 1.55. The average molecular weight is 294 g/mol. The Morgan fingerprint density at radius 3 is 3.00 bits per heavy atom. The van der Waals surface area contributed by atoms with Gasteiger partial charge in [-0.05, 0) is 31.7 Å². The molecule has 0 bridgehead atoms. The maximum atomic E-state index is 10.7. The number of aliphatic carboxylic acids is 1. The lowest BCUT2D eigenvalue weighted by atomic mass is 10.2. The number of nitrogens with zero attached hydrogens (tertiary/aromatic N) is 2. The molecule has 19 heavy (non-hydrogen) atoms. The molecule has 2 heterocycles. The van der Waals surface area contributed by atoms with E-state index in [0.29, 0.717) is 11.0 Å². The number of nitrogen functional groups attached to an aromatic ring is 1. The number of hydrogen-bond acceptors (Lipinski definition) is 7. The third-order valence-corrected chi connectivity index (χ3v) is 5.31. The lowest BCUT2D eigenvalue weighted by molar-refractivity contribution is -0.304. The van der Waals surface area contributed by atoms with Crippen molar-refractivity contribution < 1.29 is 9.90 Å². The molecule has 1 aliphatic carbocycles. The highest BCUT2D eigenvalue weighted by molar-refractivity contribution is 8.00. The Balaban J connectivity index is 2.03. The van der Waals surface area contributed by atoms with Gasteiger partial charge in [0.05, 0.1) is 11.4 Å². The summed E-state index contributed by atoms with van der Waals surface area (Å²) in [5, 5.41) is 11.4. The Morgan fingerprint density at radius 2 is 2.26 bits per heavy atom. The van der Waals surface area contributed by atoms with E-state index in [4.69, 9.17) is 5.73 Å². The van der Waals surface area contributed by atoms with Crippen LogP contribution in [0.2, 0.25) is 0 Å². The second-order valence-corrected chi connectivity index (χ2v) is 6.90. The van der Waals surface area contributed by atoms with Crippen molar-refractivity contribution in [3.05, 3.63) is 10.4 Å². The first kappa shape index (κ1) is 12.7. The summed E-state index contributed by atoms with van der Waals surface area (Å²) < 4.78 is 0. The van der Waals surface area contributed by atoms with E-state index in [2.05, 4.69) is 9.97 Å². The van der Waals surface area contributed by atoms with Crippen molar-refractivity contribution in [3.8, 4) is 0 Å². The largest absolute Gasteiger partial charge is 0.549 e. The first-order valence-corrected chi connectivity index (χ1v) is 7.71. The molecule has 0 saturated heterocycles. The molecule has 0 aliphatic heterocycles. The number of anilines is 1. The van der Waals surface area contributed by atoms with Gasteiger partial charge in [-0.2, -0.15) is 0 Å². The smallest absolute Gasteiger partial charge is 0.191 e. The molecule has 1 atom stereocenters. The lowest BCUT2D eigenvalue weighted by Crippen LogP contribution is -2.31. The van der Waals surface area contributed by atoms with Crippen LogP contribution in [-0.2, 0) is 17.6 Å². The Kier molecular flexibility index (Phi) is 3.10. The van der Waals surface area contributed by atoms with Crippen molar-refractivity contribution in [2.24, 2.45) is 0 Å². The van der Waals surface area contributed by atoms with Gasteiger partial charge >= 0.3 is 0 Å². The monoisotopic (exact) mass is 294 g/mol. The number of aromatic nitrogens is 2. The van der Waals surface area contributed by atoms with Crippen LogP contribution in [0.3, 0.4) is 0 Å². The molecule has 7 heteroatoms.